The molecule has 0 bridgehead atoms. The maximum Gasteiger partial charge on any atom is 0.460 e. The molecule has 0 unspecified atom stereocenters. The van der Waals surface area contributed by atoms with E-state index in [4.69, 9.17) is 4.74 Å². The molecule has 1 aromatic heterocycles. The third kappa shape index (κ3) is 3.52. The van der Waals surface area contributed by atoms with Gasteiger partial charge in [-0.3, -0.25) is 0 Å². The number of aromatic nitrogens is 1. The molecule has 2 nitrogen and oxygen atoms in total. The van der Waals surface area contributed by atoms with E-state index >= 15 is 0 Å². The standard InChI is InChI=1S/C15H9F8NO/c1-8-6-11(16)12(24-7-8)25-10-4-2-9(3-5-10)13(17,18)14(19,20)15(21,22)23/h2-7H,1H3. The van der Waals surface area contributed by atoms with Gasteiger partial charge in [0.05, 0.1) is 0 Å². The molecule has 136 valence electrons. The van der Waals surface area contributed by atoms with Gasteiger partial charge in [0, 0.05) is 11.8 Å². The third-order valence-corrected chi connectivity index (χ3v) is 3.13. The van der Waals surface area contributed by atoms with Crippen molar-refractivity contribution in [2.45, 2.75) is 24.9 Å². The topological polar surface area (TPSA) is 22.1 Å². The van der Waals surface area contributed by atoms with Gasteiger partial charge in [0.2, 0.25) is 0 Å². The second-order valence-electron chi connectivity index (χ2n) is 5.07. The first-order chi connectivity index (χ1) is 11.4. The molecule has 0 amide bonds. The number of aryl methyl sites for hydroxylation is 1. The summed E-state index contributed by atoms with van der Waals surface area (Å²) in [5.41, 5.74) is -1.09. The lowest BCUT2D eigenvalue weighted by Crippen LogP contribution is -2.49. The quantitative estimate of drug-likeness (QED) is 0.652. The molecule has 0 N–H and O–H groups in total. The average molecular weight is 371 g/mol. The largest absolute Gasteiger partial charge is 0.460 e. The van der Waals surface area contributed by atoms with Crippen LogP contribution < -0.4 is 4.74 Å². The molecular formula is C15H9F8NO. The Morgan fingerprint density at radius 2 is 1.48 bits per heavy atom. The first-order valence-corrected chi connectivity index (χ1v) is 6.59. The van der Waals surface area contributed by atoms with Crippen molar-refractivity contribution < 1.29 is 39.9 Å². The van der Waals surface area contributed by atoms with Gasteiger partial charge in [-0.05, 0) is 42.8 Å². The zero-order chi connectivity index (χ0) is 19.0. The Morgan fingerprint density at radius 1 is 0.920 bits per heavy atom. The number of nitrogens with zero attached hydrogens (tertiary/aromatic N) is 1. The monoisotopic (exact) mass is 371 g/mol. The molecule has 0 saturated heterocycles. The van der Waals surface area contributed by atoms with Crippen molar-refractivity contribution in [3.8, 4) is 11.6 Å². The Bertz CT molecular complexity index is 755. The van der Waals surface area contributed by atoms with Gasteiger partial charge in [0.15, 0.2) is 5.82 Å². The molecule has 1 aromatic carbocycles. The molecule has 0 aliphatic carbocycles. The van der Waals surface area contributed by atoms with Crippen LogP contribution in [0.3, 0.4) is 0 Å². The molecule has 0 aliphatic rings. The van der Waals surface area contributed by atoms with E-state index in [9.17, 15) is 35.1 Å². The van der Waals surface area contributed by atoms with Crippen LogP contribution in [0.1, 0.15) is 11.1 Å². The first kappa shape index (κ1) is 18.9. The van der Waals surface area contributed by atoms with E-state index in [0.29, 0.717) is 29.8 Å². The highest BCUT2D eigenvalue weighted by molar-refractivity contribution is 5.34. The number of pyridine rings is 1. The summed E-state index contributed by atoms with van der Waals surface area (Å²) >= 11 is 0. The number of rotatable bonds is 4. The normalized spacial score (nSPS) is 13.0. The molecular weight excluding hydrogens is 362 g/mol. The maximum atomic E-state index is 13.6. The van der Waals surface area contributed by atoms with Crippen LogP contribution >= 0.6 is 0 Å². The zero-order valence-corrected chi connectivity index (χ0v) is 12.3. The van der Waals surface area contributed by atoms with E-state index < -0.39 is 35.3 Å². The Kier molecular flexibility index (Phi) is 4.67. The highest BCUT2D eigenvalue weighted by Gasteiger charge is 2.73. The van der Waals surface area contributed by atoms with Gasteiger partial charge in [-0.25, -0.2) is 9.37 Å². The van der Waals surface area contributed by atoms with Crippen LogP contribution in [-0.4, -0.2) is 17.1 Å². The number of ether oxygens (including phenoxy) is 1. The average Bonchev–Trinajstić information content (AvgIpc) is 2.49. The summed E-state index contributed by atoms with van der Waals surface area (Å²) in [4.78, 5) is 3.60. The second-order valence-corrected chi connectivity index (χ2v) is 5.07. The van der Waals surface area contributed by atoms with E-state index in [1.807, 2.05) is 0 Å². The van der Waals surface area contributed by atoms with Crippen LogP contribution in [0.5, 0.6) is 11.6 Å². The van der Waals surface area contributed by atoms with Crippen molar-refractivity contribution in [1.29, 1.82) is 0 Å². The fraction of sp³-hybridized carbons (Fsp3) is 0.267. The summed E-state index contributed by atoms with van der Waals surface area (Å²) in [5.74, 6) is -13.4. The fourth-order valence-electron chi connectivity index (χ4n) is 1.80. The molecule has 0 atom stereocenters. The Hall–Kier alpha value is -2.39. The van der Waals surface area contributed by atoms with Gasteiger partial charge in [-0.15, -0.1) is 0 Å². The number of hydrogen-bond acceptors (Lipinski definition) is 2. The smallest absolute Gasteiger partial charge is 0.436 e. The lowest BCUT2D eigenvalue weighted by molar-refractivity contribution is -0.359. The molecule has 25 heavy (non-hydrogen) atoms. The molecule has 0 aliphatic heterocycles. The highest BCUT2D eigenvalue weighted by Crippen LogP contribution is 2.51. The van der Waals surface area contributed by atoms with Gasteiger partial charge >= 0.3 is 18.0 Å². The van der Waals surface area contributed by atoms with Crippen LogP contribution in [0.2, 0.25) is 0 Å². The van der Waals surface area contributed by atoms with Crippen LogP contribution in [0, 0.1) is 12.7 Å². The minimum Gasteiger partial charge on any atom is -0.436 e. The number of halogens is 8. The van der Waals surface area contributed by atoms with Gasteiger partial charge in [0.1, 0.15) is 5.75 Å². The Morgan fingerprint density at radius 3 is 1.96 bits per heavy atom. The Balaban J connectivity index is 2.27. The van der Waals surface area contributed by atoms with Crippen molar-refractivity contribution >= 4 is 0 Å². The number of benzene rings is 1. The first-order valence-electron chi connectivity index (χ1n) is 6.59. The van der Waals surface area contributed by atoms with Crippen LogP contribution in [0.4, 0.5) is 35.1 Å². The minimum absolute atomic E-state index is 0.273. The van der Waals surface area contributed by atoms with Gasteiger partial charge in [0.25, 0.3) is 5.88 Å². The second kappa shape index (κ2) is 6.16. The molecule has 0 spiro atoms. The maximum absolute atomic E-state index is 13.6. The molecule has 2 rings (SSSR count). The molecule has 0 radical (unpaired) electrons. The van der Waals surface area contributed by atoms with Crippen molar-refractivity contribution in [2.75, 3.05) is 0 Å². The van der Waals surface area contributed by atoms with Crippen molar-refractivity contribution in [3.63, 3.8) is 0 Å². The van der Waals surface area contributed by atoms with Gasteiger partial charge in [-0.2, -0.15) is 30.7 Å². The fourth-order valence-corrected chi connectivity index (χ4v) is 1.80. The van der Waals surface area contributed by atoms with Gasteiger partial charge in [-0.1, -0.05) is 0 Å². The molecule has 1 heterocycles. The van der Waals surface area contributed by atoms with E-state index in [0.717, 1.165) is 6.07 Å². The van der Waals surface area contributed by atoms with Crippen LogP contribution in [-0.2, 0) is 5.92 Å². The molecule has 10 heteroatoms. The summed E-state index contributed by atoms with van der Waals surface area (Å²) in [6.07, 6.45) is -5.18. The number of alkyl halides is 7. The lowest BCUT2D eigenvalue weighted by Gasteiger charge is -2.28. The van der Waals surface area contributed by atoms with E-state index in [2.05, 4.69) is 4.98 Å². The van der Waals surface area contributed by atoms with E-state index in [-0.39, 0.29) is 5.75 Å². The van der Waals surface area contributed by atoms with E-state index in [1.165, 1.54) is 6.20 Å². The zero-order valence-electron chi connectivity index (χ0n) is 12.3. The predicted molar refractivity (Wildman–Crippen MR) is 70.3 cm³/mol. The summed E-state index contributed by atoms with van der Waals surface area (Å²) < 4.78 is 108. The third-order valence-electron chi connectivity index (χ3n) is 3.13. The van der Waals surface area contributed by atoms with Crippen molar-refractivity contribution in [1.82, 2.24) is 4.98 Å². The minimum atomic E-state index is -6.43. The Labute approximate surface area is 136 Å². The lowest BCUT2D eigenvalue weighted by atomic mass is 10.0. The number of hydrogen-bond donors (Lipinski definition) is 0. The highest BCUT2D eigenvalue weighted by atomic mass is 19.4. The van der Waals surface area contributed by atoms with Crippen LogP contribution in [0.25, 0.3) is 0 Å². The van der Waals surface area contributed by atoms with Crippen molar-refractivity contribution in [2.24, 2.45) is 0 Å². The molecule has 2 aromatic rings. The predicted octanol–water partition coefficient (Wildman–Crippen LogP) is 5.61. The summed E-state index contributed by atoms with van der Waals surface area (Å²) in [6, 6.07) is 3.16. The summed E-state index contributed by atoms with van der Waals surface area (Å²) in [7, 11) is 0. The summed E-state index contributed by atoms with van der Waals surface area (Å²) in [5, 5.41) is 0. The summed E-state index contributed by atoms with van der Waals surface area (Å²) in [6.45, 7) is 1.55. The van der Waals surface area contributed by atoms with Gasteiger partial charge < -0.3 is 4.74 Å². The van der Waals surface area contributed by atoms with Crippen LogP contribution in [0.15, 0.2) is 36.5 Å². The van der Waals surface area contributed by atoms with E-state index in [1.54, 1.807) is 6.92 Å². The molecule has 0 saturated carbocycles. The van der Waals surface area contributed by atoms with Crippen molar-refractivity contribution in [3.05, 3.63) is 53.5 Å². The SMILES string of the molecule is Cc1cnc(Oc2ccc(C(F)(F)C(F)(F)C(F)(F)F)cc2)c(F)c1. The molecule has 0 fully saturated rings.